The third-order valence-electron chi connectivity index (χ3n) is 4.23. The van der Waals surface area contributed by atoms with Gasteiger partial charge >= 0.3 is 0 Å². The van der Waals surface area contributed by atoms with Crippen molar-refractivity contribution in [2.45, 2.75) is 44.6 Å². The number of piperidine rings is 2. The highest BCUT2D eigenvalue weighted by Crippen LogP contribution is 2.39. The monoisotopic (exact) mass is 182 g/mol. The molecule has 0 radical (unpaired) electrons. The Morgan fingerprint density at radius 2 is 2.08 bits per heavy atom. The van der Waals surface area contributed by atoms with Gasteiger partial charge in [-0.2, -0.15) is 0 Å². The van der Waals surface area contributed by atoms with E-state index in [0.717, 1.165) is 12.5 Å². The molecule has 2 fully saturated rings. The van der Waals surface area contributed by atoms with E-state index in [1.807, 2.05) is 0 Å². The quantitative estimate of drug-likeness (QED) is 0.667. The van der Waals surface area contributed by atoms with E-state index in [4.69, 9.17) is 5.73 Å². The van der Waals surface area contributed by atoms with Gasteiger partial charge < -0.3 is 5.73 Å². The Morgan fingerprint density at radius 3 is 2.85 bits per heavy atom. The molecule has 0 unspecified atom stereocenters. The Labute approximate surface area is 81.5 Å². The number of nitrogens with zero attached hydrogens (tertiary/aromatic N) is 1. The molecule has 0 aromatic rings. The lowest BCUT2D eigenvalue weighted by Gasteiger charge is -2.53. The first kappa shape index (κ1) is 9.47. The number of hydrogen-bond acceptors (Lipinski definition) is 2. The summed E-state index contributed by atoms with van der Waals surface area (Å²) >= 11 is 0. The van der Waals surface area contributed by atoms with Crippen molar-refractivity contribution < 1.29 is 0 Å². The van der Waals surface area contributed by atoms with Crippen LogP contribution in [0.25, 0.3) is 0 Å². The van der Waals surface area contributed by atoms with Gasteiger partial charge in [0.05, 0.1) is 0 Å². The Bertz CT molecular complexity index is 170. The molecule has 2 N–H and O–H groups in total. The van der Waals surface area contributed by atoms with Crippen LogP contribution in [-0.2, 0) is 0 Å². The summed E-state index contributed by atoms with van der Waals surface area (Å²) in [4.78, 5) is 2.69. The van der Waals surface area contributed by atoms with Gasteiger partial charge in [0.25, 0.3) is 0 Å². The van der Waals surface area contributed by atoms with E-state index in [0.29, 0.717) is 5.54 Å². The first-order valence-electron chi connectivity index (χ1n) is 5.72. The zero-order valence-electron chi connectivity index (χ0n) is 8.76. The Morgan fingerprint density at radius 1 is 1.31 bits per heavy atom. The molecule has 2 heteroatoms. The largest absolute Gasteiger partial charge is 0.330 e. The van der Waals surface area contributed by atoms with E-state index in [2.05, 4.69) is 11.8 Å². The zero-order chi connectivity index (χ0) is 9.31. The van der Waals surface area contributed by atoms with Crippen molar-refractivity contribution in [2.24, 2.45) is 11.7 Å². The maximum Gasteiger partial charge on any atom is 0.0221 e. The fraction of sp³-hybridized carbons (Fsp3) is 1.00. The van der Waals surface area contributed by atoms with Crippen molar-refractivity contribution in [3.8, 4) is 0 Å². The van der Waals surface area contributed by atoms with Crippen molar-refractivity contribution in [3.63, 3.8) is 0 Å². The van der Waals surface area contributed by atoms with Gasteiger partial charge in [-0.3, -0.25) is 4.90 Å². The van der Waals surface area contributed by atoms with E-state index >= 15 is 0 Å². The van der Waals surface area contributed by atoms with Gasteiger partial charge in [0.2, 0.25) is 0 Å². The molecule has 0 saturated carbocycles. The van der Waals surface area contributed by atoms with Crippen LogP contribution in [0.15, 0.2) is 0 Å². The van der Waals surface area contributed by atoms with Crippen molar-refractivity contribution >= 4 is 0 Å². The standard InChI is InChI=1S/C11H22N2/c1-11-6-2-3-7-13(11)8-4-5-10(11)9-12/h10H,2-9,12H2,1H3/t10-,11+/m1/s1. The molecule has 0 bridgehead atoms. The maximum absolute atomic E-state index is 5.87. The SMILES string of the molecule is C[C@@]12CCCCN1CCC[C@@H]2CN. The summed E-state index contributed by atoms with van der Waals surface area (Å²) in [5.74, 6) is 0.751. The van der Waals surface area contributed by atoms with Gasteiger partial charge in [-0.15, -0.1) is 0 Å². The summed E-state index contributed by atoms with van der Waals surface area (Å²) in [5, 5.41) is 0. The summed E-state index contributed by atoms with van der Waals surface area (Å²) in [6, 6.07) is 0. The fourth-order valence-electron chi connectivity index (χ4n) is 3.24. The lowest BCUT2D eigenvalue weighted by Crippen LogP contribution is -2.59. The topological polar surface area (TPSA) is 29.3 Å². The lowest BCUT2D eigenvalue weighted by molar-refractivity contribution is -0.0184. The minimum atomic E-state index is 0.450. The molecular formula is C11H22N2. The molecular weight excluding hydrogens is 160 g/mol. The van der Waals surface area contributed by atoms with Crippen molar-refractivity contribution in [3.05, 3.63) is 0 Å². The number of fused-ring (bicyclic) bond motifs is 1. The molecule has 76 valence electrons. The zero-order valence-corrected chi connectivity index (χ0v) is 8.76. The van der Waals surface area contributed by atoms with Crippen LogP contribution in [0.3, 0.4) is 0 Å². The predicted octanol–water partition coefficient (Wildman–Crippen LogP) is 1.60. The smallest absolute Gasteiger partial charge is 0.0221 e. The summed E-state index contributed by atoms with van der Waals surface area (Å²) < 4.78 is 0. The number of nitrogens with two attached hydrogens (primary N) is 1. The fourth-order valence-corrected chi connectivity index (χ4v) is 3.24. The molecule has 0 amide bonds. The second-order valence-corrected chi connectivity index (χ2v) is 4.88. The Kier molecular flexibility index (Phi) is 2.61. The van der Waals surface area contributed by atoms with Gasteiger partial charge in [-0.1, -0.05) is 6.42 Å². The molecule has 0 spiro atoms. The third-order valence-corrected chi connectivity index (χ3v) is 4.23. The van der Waals surface area contributed by atoms with Crippen LogP contribution >= 0.6 is 0 Å². The summed E-state index contributed by atoms with van der Waals surface area (Å²) in [7, 11) is 0. The lowest BCUT2D eigenvalue weighted by atomic mass is 9.72. The van der Waals surface area contributed by atoms with E-state index in [1.165, 1.54) is 45.2 Å². The first-order valence-corrected chi connectivity index (χ1v) is 5.72. The highest BCUT2D eigenvalue weighted by atomic mass is 15.2. The van der Waals surface area contributed by atoms with Crippen LogP contribution in [0.5, 0.6) is 0 Å². The van der Waals surface area contributed by atoms with Crippen molar-refractivity contribution in [1.29, 1.82) is 0 Å². The van der Waals surface area contributed by atoms with Gasteiger partial charge in [-0.25, -0.2) is 0 Å². The summed E-state index contributed by atoms with van der Waals surface area (Å²) in [5.41, 5.74) is 6.32. The molecule has 13 heavy (non-hydrogen) atoms. The molecule has 2 aliphatic heterocycles. The summed E-state index contributed by atoms with van der Waals surface area (Å²) in [6.07, 6.45) is 6.88. The molecule has 2 heterocycles. The molecule has 2 atom stereocenters. The van der Waals surface area contributed by atoms with Crippen LogP contribution in [0, 0.1) is 5.92 Å². The molecule has 2 rings (SSSR count). The van der Waals surface area contributed by atoms with E-state index in [9.17, 15) is 0 Å². The molecule has 2 aliphatic rings. The second-order valence-electron chi connectivity index (χ2n) is 4.88. The van der Waals surface area contributed by atoms with Crippen LogP contribution in [-0.4, -0.2) is 30.1 Å². The molecule has 2 nitrogen and oxygen atoms in total. The average molecular weight is 182 g/mol. The molecule has 0 aromatic heterocycles. The maximum atomic E-state index is 5.87. The second kappa shape index (κ2) is 3.58. The highest BCUT2D eigenvalue weighted by molar-refractivity contribution is 4.98. The van der Waals surface area contributed by atoms with Gasteiger partial charge in [0, 0.05) is 5.54 Å². The Hall–Kier alpha value is -0.0800. The van der Waals surface area contributed by atoms with Crippen LogP contribution in [0.2, 0.25) is 0 Å². The molecule has 0 aliphatic carbocycles. The van der Waals surface area contributed by atoms with Crippen LogP contribution in [0.4, 0.5) is 0 Å². The minimum absolute atomic E-state index is 0.450. The minimum Gasteiger partial charge on any atom is -0.330 e. The highest BCUT2D eigenvalue weighted by Gasteiger charge is 2.42. The van der Waals surface area contributed by atoms with Crippen LogP contribution in [0.1, 0.15) is 39.0 Å². The third kappa shape index (κ3) is 1.50. The first-order chi connectivity index (χ1) is 6.27. The normalized spacial score (nSPS) is 41.5. The van der Waals surface area contributed by atoms with E-state index in [1.54, 1.807) is 0 Å². The van der Waals surface area contributed by atoms with E-state index < -0.39 is 0 Å². The van der Waals surface area contributed by atoms with Crippen LogP contribution < -0.4 is 5.73 Å². The van der Waals surface area contributed by atoms with Gasteiger partial charge in [0.1, 0.15) is 0 Å². The number of rotatable bonds is 1. The predicted molar refractivity (Wildman–Crippen MR) is 55.6 cm³/mol. The molecule has 2 saturated heterocycles. The summed E-state index contributed by atoms with van der Waals surface area (Å²) in [6.45, 7) is 5.94. The Balaban J connectivity index is 2.14. The molecule has 0 aromatic carbocycles. The van der Waals surface area contributed by atoms with Crippen molar-refractivity contribution in [1.82, 2.24) is 4.90 Å². The number of hydrogen-bond donors (Lipinski definition) is 1. The van der Waals surface area contributed by atoms with E-state index in [-0.39, 0.29) is 0 Å². The average Bonchev–Trinajstić information content (AvgIpc) is 2.16. The van der Waals surface area contributed by atoms with Gasteiger partial charge in [0.15, 0.2) is 0 Å². The van der Waals surface area contributed by atoms with Crippen molar-refractivity contribution in [2.75, 3.05) is 19.6 Å². The van der Waals surface area contributed by atoms with Gasteiger partial charge in [-0.05, 0) is 58.2 Å².